The van der Waals surface area contributed by atoms with Crippen LogP contribution in [0.15, 0.2) is 125 Å². The Bertz CT molecular complexity index is 4250. The number of rotatable bonds is 13. The molecule has 0 radical (unpaired) electrons. The van der Waals surface area contributed by atoms with Crippen LogP contribution in [-0.4, -0.2) is 214 Å². The van der Waals surface area contributed by atoms with Crippen molar-refractivity contribution in [3.63, 3.8) is 0 Å². The SMILES string of the molecule is Cc1cccnc1[C@@H]1CCC[C@H](c2cn3c(N4CC5CCC(C4)N5CC4=CC=C(N5C6CCC5CN(C)C6)N5CC(C)([C@H]6CCC[C@@H](c7ncccc7C)N6C)N=C45)ccc(C4CC4N4CCN(c5cccc6nc([C@H]7CCC[C@@H](c8ncccc8C)N7C)c(Br)n56)CC4)c3n2)N1C. The summed E-state index contributed by atoms with van der Waals surface area (Å²) < 4.78 is 6.02. The topological polar surface area (TPSA) is 118 Å². The zero-order chi connectivity index (χ0) is 66.4. The van der Waals surface area contributed by atoms with E-state index in [9.17, 15) is 0 Å². The maximum Gasteiger partial charge on any atom is 0.142 e. The Balaban J connectivity index is 0.613. The van der Waals surface area contributed by atoms with Gasteiger partial charge in [0.15, 0.2) is 0 Å². The van der Waals surface area contributed by atoms with Gasteiger partial charge in [0.25, 0.3) is 0 Å². The van der Waals surface area contributed by atoms with Gasteiger partial charge in [-0.1, -0.05) is 36.4 Å². The number of allylic oxidation sites excluding steroid dienone is 2. The number of halogens is 1. The Hall–Kier alpha value is -6.58. The van der Waals surface area contributed by atoms with E-state index in [1.165, 1.54) is 106 Å². The molecule has 13 atom stereocenters. The minimum atomic E-state index is -0.267. The van der Waals surface area contributed by atoms with E-state index < -0.39 is 0 Å². The summed E-state index contributed by atoms with van der Waals surface area (Å²) in [5.74, 6) is 5.58. The van der Waals surface area contributed by atoms with Gasteiger partial charge in [-0.05, 0) is 221 Å². The molecule has 7 aromatic rings. The summed E-state index contributed by atoms with van der Waals surface area (Å²) in [7, 11) is 9.31. The zero-order valence-electron chi connectivity index (χ0n) is 59.1. The highest BCUT2D eigenvalue weighted by Gasteiger charge is 2.53. The molecule has 19 heteroatoms. The van der Waals surface area contributed by atoms with E-state index in [0.29, 0.717) is 48.2 Å². The largest absolute Gasteiger partial charge is 0.355 e. The van der Waals surface area contributed by atoms with Gasteiger partial charge in [-0.25, -0.2) is 9.97 Å². The average molecular weight is 1380 g/mol. The van der Waals surface area contributed by atoms with Crippen molar-refractivity contribution in [1.29, 1.82) is 0 Å². The fourth-order valence-electron chi connectivity index (χ4n) is 21.0. The van der Waals surface area contributed by atoms with Crippen molar-refractivity contribution in [2.45, 2.75) is 196 Å². The molecule has 7 aromatic heterocycles. The number of nitrogens with zero attached hydrogens (tertiary/aromatic N) is 18. The molecule has 10 aliphatic heterocycles. The Labute approximate surface area is 588 Å². The quantitative estimate of drug-likeness (QED) is 0.109. The molecule has 1 saturated carbocycles. The minimum absolute atomic E-state index is 0.202. The minimum Gasteiger partial charge on any atom is -0.355 e. The third kappa shape index (κ3) is 10.8. The molecule has 9 fully saturated rings. The van der Waals surface area contributed by atoms with Gasteiger partial charge in [-0.15, -0.1) is 0 Å². The molecule has 7 unspecified atom stereocenters. The molecule has 18 rings (SSSR count). The number of aromatic nitrogens is 7. The third-order valence-corrected chi connectivity index (χ3v) is 26.9. The Kier molecular flexibility index (Phi) is 16.3. The van der Waals surface area contributed by atoms with E-state index in [-0.39, 0.29) is 29.7 Å². The number of anilines is 2. The van der Waals surface area contributed by atoms with Gasteiger partial charge in [-0.3, -0.25) is 53.2 Å². The van der Waals surface area contributed by atoms with E-state index >= 15 is 0 Å². The number of aliphatic imine (C=N–C) groups is 1. The molecule has 1 aliphatic carbocycles. The first-order valence-electron chi connectivity index (χ1n) is 37.6. The second-order valence-electron chi connectivity index (χ2n) is 31.9. The lowest BCUT2D eigenvalue weighted by Crippen LogP contribution is -2.58. The Morgan fingerprint density at radius 2 is 1.15 bits per heavy atom. The molecule has 11 aliphatic rings. The Morgan fingerprint density at radius 3 is 1.80 bits per heavy atom. The van der Waals surface area contributed by atoms with Crippen LogP contribution in [0.3, 0.4) is 0 Å². The van der Waals surface area contributed by atoms with Gasteiger partial charge < -0.3 is 24.5 Å². The summed E-state index contributed by atoms with van der Waals surface area (Å²) in [5, 5.41) is 0. The van der Waals surface area contributed by atoms with Gasteiger partial charge in [0, 0.05) is 137 Å². The number of hydrogen-bond acceptors (Lipinski definition) is 16. The summed E-state index contributed by atoms with van der Waals surface area (Å²) in [6.45, 7) is 19.3. The average Bonchev–Trinajstić information content (AvgIpc) is 1.58. The highest BCUT2D eigenvalue weighted by atomic mass is 79.9. The van der Waals surface area contributed by atoms with Gasteiger partial charge in [-0.2, -0.15) is 0 Å². The summed E-state index contributed by atoms with van der Waals surface area (Å²) in [4.78, 5) is 59.2. The number of hydrogen-bond donors (Lipinski definition) is 0. The third-order valence-electron chi connectivity index (χ3n) is 26.1. The van der Waals surface area contributed by atoms with Crippen LogP contribution < -0.4 is 9.80 Å². The molecule has 514 valence electrons. The second-order valence-corrected chi connectivity index (χ2v) is 32.6. The molecule has 0 spiro atoms. The van der Waals surface area contributed by atoms with Crippen molar-refractivity contribution in [3.05, 3.63) is 170 Å². The molecule has 4 bridgehead atoms. The van der Waals surface area contributed by atoms with Crippen LogP contribution >= 0.6 is 15.9 Å². The Morgan fingerprint density at radius 1 is 0.561 bits per heavy atom. The second kappa shape index (κ2) is 25.2. The van der Waals surface area contributed by atoms with Crippen LogP contribution in [0.4, 0.5) is 11.6 Å². The highest BCUT2D eigenvalue weighted by Crippen LogP contribution is 2.51. The summed E-state index contributed by atoms with van der Waals surface area (Å²) in [6, 6.07) is 28.6. The molecular formula is C79H101BrN18. The van der Waals surface area contributed by atoms with Crippen molar-refractivity contribution in [1.82, 2.24) is 72.9 Å². The predicted octanol–water partition coefficient (Wildman–Crippen LogP) is 12.2. The molecular weight excluding hydrogens is 1280 g/mol. The summed E-state index contributed by atoms with van der Waals surface area (Å²) >= 11 is 4.17. The van der Waals surface area contributed by atoms with E-state index in [1.54, 1.807) is 0 Å². The molecule has 17 heterocycles. The zero-order valence-corrected chi connectivity index (χ0v) is 60.7. The van der Waals surface area contributed by atoms with E-state index in [4.69, 9.17) is 29.9 Å². The molecule has 8 saturated heterocycles. The van der Waals surface area contributed by atoms with E-state index in [1.807, 2.05) is 18.6 Å². The summed E-state index contributed by atoms with van der Waals surface area (Å²) in [5.41, 5.74) is 14.5. The molecule has 18 nitrogen and oxygen atoms in total. The van der Waals surface area contributed by atoms with Crippen LogP contribution in [0.5, 0.6) is 0 Å². The van der Waals surface area contributed by atoms with Crippen molar-refractivity contribution < 1.29 is 0 Å². The fourth-order valence-corrected chi connectivity index (χ4v) is 21.7. The predicted molar refractivity (Wildman–Crippen MR) is 393 cm³/mol. The lowest BCUT2D eigenvalue weighted by molar-refractivity contribution is 0.0543. The maximum atomic E-state index is 6.07. The highest BCUT2D eigenvalue weighted by molar-refractivity contribution is 9.10. The monoisotopic (exact) mass is 1380 g/mol. The maximum absolute atomic E-state index is 6.07. The molecule has 98 heavy (non-hydrogen) atoms. The molecule has 0 N–H and O–H groups in total. The number of amidine groups is 1. The van der Waals surface area contributed by atoms with E-state index in [0.717, 1.165) is 145 Å². The molecule has 0 amide bonds. The number of piperidine rings is 3. The van der Waals surface area contributed by atoms with Crippen LogP contribution in [-0.2, 0) is 0 Å². The van der Waals surface area contributed by atoms with Crippen LogP contribution in [0, 0.1) is 20.8 Å². The first-order chi connectivity index (χ1) is 47.7. The van der Waals surface area contributed by atoms with Gasteiger partial charge >= 0.3 is 0 Å². The summed E-state index contributed by atoms with van der Waals surface area (Å²) in [6.07, 6.45) is 29.7. The first-order valence-corrected chi connectivity index (χ1v) is 38.4. The lowest BCUT2D eigenvalue weighted by Gasteiger charge is -2.48. The standard InChI is InChI=1S/C79H101BrN18/c1-50-16-13-35-81-72(50)62-20-9-19-61(88(62)6)60-48-95-69(34-32-58(78(95)84-60)59-42-66(59)91-38-40-92(41-39-91)70-26-12-25-68-85-75(76(80)98(68)70)65-22-10-21-63(89(65)7)73-51(2)17-14-36-82-73)93-46-54-28-29-55(47-93)94(54)43-53-27-33-71(97-56-30-31-57(97)45-87(5)44-56)96-49-79(4,86-77(53)96)67-24-11-23-64(90(67)8)74-52(3)18-15-37-83-74/h12-18,25-27,32-37,48,54-57,59,61-67H,9-11,19-24,28-31,38-47,49H2,1-8H3/t54?,55?,56?,57?,59?,61-,62+,63+,64+,65-,66?,67-,79?/m1/s1. The lowest BCUT2D eigenvalue weighted by atomic mass is 9.82. The number of piperazine rings is 3. The van der Waals surface area contributed by atoms with Gasteiger partial charge in [0.1, 0.15) is 39.2 Å². The van der Waals surface area contributed by atoms with Crippen molar-refractivity contribution in [2.75, 3.05) is 103 Å². The van der Waals surface area contributed by atoms with Crippen LogP contribution in [0.2, 0.25) is 0 Å². The number of imidazole rings is 2. The first kappa shape index (κ1) is 63.6. The number of pyridine rings is 5. The fraction of sp³-hybridized carbons (Fsp3) is 0.570. The van der Waals surface area contributed by atoms with Gasteiger partial charge in [0.05, 0.1) is 70.8 Å². The van der Waals surface area contributed by atoms with Crippen molar-refractivity contribution in [3.8, 4) is 0 Å². The number of likely N-dealkylation sites (N-methyl/N-ethyl adjacent to an activating group) is 2. The van der Waals surface area contributed by atoms with Gasteiger partial charge in [0.2, 0.25) is 0 Å². The number of aryl methyl sites for hydroxylation is 3. The van der Waals surface area contributed by atoms with Crippen molar-refractivity contribution >= 4 is 44.7 Å². The van der Waals surface area contributed by atoms with Crippen LogP contribution in [0.1, 0.15) is 184 Å². The molecule has 0 aromatic carbocycles. The number of likely N-dealkylation sites (tertiary alicyclic amines) is 4. The number of fused-ring (bicyclic) bond motifs is 7. The normalized spacial score (nSPS) is 32.2. The van der Waals surface area contributed by atoms with Crippen molar-refractivity contribution in [2.24, 2.45) is 4.99 Å². The van der Waals surface area contributed by atoms with Crippen LogP contribution in [0.25, 0.3) is 11.3 Å². The smallest absolute Gasteiger partial charge is 0.142 e. The van der Waals surface area contributed by atoms with E-state index in [2.05, 4.69) is 215 Å².